The minimum absolute atomic E-state index is 0.159. The number of nitrogens with zero attached hydrogens (tertiary/aromatic N) is 4. The van der Waals surface area contributed by atoms with E-state index in [0.29, 0.717) is 24.2 Å². The van der Waals surface area contributed by atoms with Crippen LogP contribution in [-0.4, -0.2) is 51.8 Å². The molecule has 0 bridgehead atoms. The molecular weight excluding hydrogens is 391 g/mol. The summed E-state index contributed by atoms with van der Waals surface area (Å²) in [7, 11) is 1.91. The Bertz CT molecular complexity index is 1090. The molecule has 31 heavy (non-hydrogen) atoms. The molecule has 2 aliphatic rings. The molecule has 2 aromatic heterocycles. The molecule has 162 valence electrons. The number of aromatic nitrogens is 3. The molecule has 0 radical (unpaired) electrons. The van der Waals surface area contributed by atoms with E-state index in [1.165, 1.54) is 0 Å². The van der Waals surface area contributed by atoms with Crippen LogP contribution in [-0.2, 0) is 18.3 Å². The summed E-state index contributed by atoms with van der Waals surface area (Å²) in [6, 6.07) is 8.35. The lowest BCUT2D eigenvalue weighted by Gasteiger charge is -2.51. The van der Waals surface area contributed by atoms with Crippen molar-refractivity contribution in [1.29, 1.82) is 0 Å². The number of alkyl halides is 1. The smallest absolute Gasteiger partial charge is 0.141 e. The summed E-state index contributed by atoms with van der Waals surface area (Å²) in [6.07, 6.45) is 10.3. The number of piperidine rings is 1. The first kappa shape index (κ1) is 20.3. The number of rotatable bonds is 6. The minimum atomic E-state index is -0.267. The van der Waals surface area contributed by atoms with Gasteiger partial charge in [0.05, 0.1) is 6.20 Å². The molecule has 0 unspecified atom stereocenters. The summed E-state index contributed by atoms with van der Waals surface area (Å²) in [4.78, 5) is 19.7. The summed E-state index contributed by atoms with van der Waals surface area (Å²) in [5.41, 5.74) is 3.36. The molecule has 1 saturated carbocycles. The Morgan fingerprint density at radius 2 is 1.94 bits per heavy atom. The van der Waals surface area contributed by atoms with Crippen molar-refractivity contribution >= 4 is 16.6 Å². The van der Waals surface area contributed by atoms with Gasteiger partial charge in [0.15, 0.2) is 0 Å². The van der Waals surface area contributed by atoms with Crippen molar-refractivity contribution in [3.8, 4) is 11.1 Å². The van der Waals surface area contributed by atoms with Crippen LogP contribution in [0.1, 0.15) is 31.4 Å². The van der Waals surface area contributed by atoms with Crippen molar-refractivity contribution < 1.29 is 9.18 Å². The summed E-state index contributed by atoms with van der Waals surface area (Å²) in [5, 5.41) is 6.43. The number of carbonyl (C=O) groups is 1. The van der Waals surface area contributed by atoms with E-state index < -0.39 is 0 Å². The average molecular weight is 421 g/mol. The number of hydrogen-bond donors (Lipinski definition) is 0. The van der Waals surface area contributed by atoms with Crippen LogP contribution in [0.5, 0.6) is 0 Å². The van der Waals surface area contributed by atoms with Crippen molar-refractivity contribution in [3.05, 3.63) is 48.5 Å². The number of ketones is 1. The van der Waals surface area contributed by atoms with Gasteiger partial charge in [-0.3, -0.25) is 14.5 Å². The zero-order valence-electron chi connectivity index (χ0n) is 18.1. The van der Waals surface area contributed by atoms with Gasteiger partial charge < -0.3 is 4.90 Å². The molecule has 5 nitrogen and oxygen atoms in total. The molecule has 1 aliphatic heterocycles. The van der Waals surface area contributed by atoms with E-state index in [0.717, 1.165) is 66.4 Å². The third-order valence-electron chi connectivity index (χ3n) is 7.30. The third kappa shape index (κ3) is 4.13. The van der Waals surface area contributed by atoms with E-state index in [1.807, 2.05) is 25.6 Å². The fraction of sp³-hybridized carbons (Fsp3) is 0.480. The molecule has 1 spiro atoms. The van der Waals surface area contributed by atoms with Crippen LogP contribution < -0.4 is 0 Å². The Morgan fingerprint density at radius 3 is 2.65 bits per heavy atom. The average Bonchev–Trinajstić information content (AvgIpc) is 3.19. The van der Waals surface area contributed by atoms with E-state index >= 15 is 0 Å². The highest BCUT2D eigenvalue weighted by Gasteiger charge is 2.47. The number of fused-ring (bicyclic) bond motifs is 1. The number of pyridine rings is 1. The summed E-state index contributed by atoms with van der Waals surface area (Å²) in [5.74, 6) is 0.471. The fourth-order valence-electron chi connectivity index (χ4n) is 5.35. The maximum atomic E-state index is 12.9. The fourth-order valence-corrected chi connectivity index (χ4v) is 5.35. The lowest BCUT2D eigenvalue weighted by atomic mass is 9.56. The highest BCUT2D eigenvalue weighted by Crippen LogP contribution is 2.53. The Labute approximate surface area is 182 Å². The van der Waals surface area contributed by atoms with Gasteiger partial charge in [-0.15, -0.1) is 0 Å². The van der Waals surface area contributed by atoms with Crippen molar-refractivity contribution in [2.45, 2.75) is 32.1 Å². The van der Waals surface area contributed by atoms with Gasteiger partial charge in [0.2, 0.25) is 0 Å². The van der Waals surface area contributed by atoms with Gasteiger partial charge in [-0.25, -0.2) is 4.39 Å². The van der Waals surface area contributed by atoms with Gasteiger partial charge in [0, 0.05) is 55.0 Å². The maximum Gasteiger partial charge on any atom is 0.141 e. The largest absolute Gasteiger partial charge is 0.301 e. The number of aryl methyl sites for hydroxylation is 1. The minimum Gasteiger partial charge on any atom is -0.301 e. The number of benzene rings is 1. The Kier molecular flexibility index (Phi) is 5.34. The summed E-state index contributed by atoms with van der Waals surface area (Å²) in [6.45, 7) is 2.22. The van der Waals surface area contributed by atoms with E-state index in [4.69, 9.17) is 0 Å². The van der Waals surface area contributed by atoms with Crippen LogP contribution >= 0.6 is 0 Å². The number of likely N-dealkylation sites (tertiary alicyclic amines) is 1. The lowest BCUT2D eigenvalue weighted by molar-refractivity contribution is -0.132. The first-order valence-corrected chi connectivity index (χ1v) is 11.2. The maximum absolute atomic E-state index is 12.9. The quantitative estimate of drug-likeness (QED) is 0.600. The van der Waals surface area contributed by atoms with Crippen LogP contribution in [0.3, 0.4) is 0 Å². The third-order valence-corrected chi connectivity index (χ3v) is 7.30. The molecule has 1 saturated heterocycles. The first-order valence-electron chi connectivity index (χ1n) is 11.2. The van der Waals surface area contributed by atoms with Gasteiger partial charge in [-0.05, 0) is 67.3 Å². The van der Waals surface area contributed by atoms with E-state index in [-0.39, 0.29) is 12.6 Å². The molecular formula is C25H29FN4O. The molecule has 3 aromatic rings. The van der Waals surface area contributed by atoms with Crippen molar-refractivity contribution in [3.63, 3.8) is 0 Å². The normalized spacial score (nSPS) is 19.0. The van der Waals surface area contributed by atoms with Crippen LogP contribution in [0, 0.1) is 11.3 Å². The van der Waals surface area contributed by atoms with Crippen LogP contribution in [0.2, 0.25) is 0 Å². The molecule has 0 amide bonds. The molecule has 3 heterocycles. The van der Waals surface area contributed by atoms with Gasteiger partial charge in [0.25, 0.3) is 0 Å². The second-order valence-electron chi connectivity index (χ2n) is 9.42. The molecule has 5 rings (SSSR count). The standard InChI is InChI=1S/C25H29FN4O/c1-29-17-22(16-28-29)18-2-3-19-15-27-23(11-20(19)10-18)12-24(31)21-13-25(14-21)4-7-30(8-5-25)9-6-26/h2-3,10-11,15-17,21H,4-9,12-14H2,1H3. The molecule has 6 heteroatoms. The molecule has 1 aliphatic carbocycles. The van der Waals surface area contributed by atoms with Crippen molar-refractivity contribution in [2.24, 2.45) is 18.4 Å². The molecule has 0 N–H and O–H groups in total. The second kappa shape index (κ2) is 8.15. The number of carbonyl (C=O) groups excluding carboxylic acids is 1. The Morgan fingerprint density at radius 1 is 1.13 bits per heavy atom. The van der Waals surface area contributed by atoms with Gasteiger partial charge >= 0.3 is 0 Å². The van der Waals surface area contributed by atoms with Crippen LogP contribution in [0.4, 0.5) is 4.39 Å². The predicted molar refractivity (Wildman–Crippen MR) is 119 cm³/mol. The monoisotopic (exact) mass is 420 g/mol. The lowest BCUT2D eigenvalue weighted by Crippen LogP contribution is -2.49. The highest BCUT2D eigenvalue weighted by atomic mass is 19.1. The topological polar surface area (TPSA) is 51.0 Å². The summed E-state index contributed by atoms with van der Waals surface area (Å²) >= 11 is 0. The second-order valence-corrected chi connectivity index (χ2v) is 9.42. The van der Waals surface area contributed by atoms with Crippen LogP contribution in [0.25, 0.3) is 21.9 Å². The van der Waals surface area contributed by atoms with Crippen LogP contribution in [0.15, 0.2) is 42.9 Å². The van der Waals surface area contributed by atoms with Crippen molar-refractivity contribution in [1.82, 2.24) is 19.7 Å². The van der Waals surface area contributed by atoms with E-state index in [9.17, 15) is 9.18 Å². The first-order chi connectivity index (χ1) is 15.0. The number of hydrogen-bond acceptors (Lipinski definition) is 4. The van der Waals surface area contributed by atoms with E-state index in [2.05, 4.69) is 39.2 Å². The molecule has 0 atom stereocenters. The van der Waals surface area contributed by atoms with E-state index in [1.54, 1.807) is 4.68 Å². The zero-order valence-corrected chi connectivity index (χ0v) is 18.1. The van der Waals surface area contributed by atoms with Gasteiger partial charge in [-0.1, -0.05) is 12.1 Å². The SMILES string of the molecule is Cn1cc(-c2ccc3cnc(CC(=O)C4CC5(CCN(CCF)CC5)C4)cc3c2)cn1. The van der Waals surface area contributed by atoms with Gasteiger partial charge in [0.1, 0.15) is 12.5 Å². The number of halogens is 1. The highest BCUT2D eigenvalue weighted by molar-refractivity contribution is 5.89. The Balaban J connectivity index is 1.23. The molecule has 2 fully saturated rings. The zero-order chi connectivity index (χ0) is 21.4. The van der Waals surface area contributed by atoms with Crippen molar-refractivity contribution in [2.75, 3.05) is 26.3 Å². The van der Waals surface area contributed by atoms with Gasteiger partial charge in [-0.2, -0.15) is 5.10 Å². The molecule has 1 aromatic carbocycles. The summed E-state index contributed by atoms with van der Waals surface area (Å²) < 4.78 is 14.4. The predicted octanol–water partition coefficient (Wildman–Crippen LogP) is 4.21. The Hall–Kier alpha value is -2.60. The number of Topliss-reactive ketones (excluding diaryl/α,β-unsaturated/α-hetero) is 1.